The third kappa shape index (κ3) is 3.50. The fourth-order valence-electron chi connectivity index (χ4n) is 1.80. The molecule has 1 rings (SSSR count). The molecular weight excluding hydrogens is 198 g/mol. The van der Waals surface area contributed by atoms with E-state index in [1.807, 2.05) is 0 Å². The Morgan fingerprint density at radius 3 is 2.50 bits per heavy atom. The minimum Gasteiger partial charge on any atom is -0.480 e. The zero-order chi connectivity index (χ0) is 10.6. The van der Waals surface area contributed by atoms with Gasteiger partial charge in [-0.25, -0.2) is 0 Å². The fraction of sp³-hybridized carbons (Fsp3) is 0.900. The molecule has 14 heavy (non-hydrogen) atoms. The van der Waals surface area contributed by atoms with Gasteiger partial charge in [0.1, 0.15) is 0 Å². The maximum absolute atomic E-state index is 10.7. The molecule has 1 aliphatic heterocycles. The van der Waals surface area contributed by atoms with Crippen molar-refractivity contribution in [1.29, 1.82) is 0 Å². The van der Waals surface area contributed by atoms with Gasteiger partial charge in [-0.05, 0) is 38.8 Å². The largest absolute Gasteiger partial charge is 0.480 e. The molecule has 2 N–H and O–H groups in total. The third-order valence-corrected chi connectivity index (χ3v) is 4.24. The zero-order valence-electron chi connectivity index (χ0n) is 8.82. The van der Waals surface area contributed by atoms with Crippen molar-refractivity contribution in [1.82, 2.24) is 5.32 Å². The lowest BCUT2D eigenvalue weighted by Gasteiger charge is -2.28. The molecule has 1 fully saturated rings. The van der Waals surface area contributed by atoms with Crippen LogP contribution in [0.3, 0.4) is 0 Å². The molecule has 0 bridgehead atoms. The van der Waals surface area contributed by atoms with E-state index in [1.54, 1.807) is 18.7 Å². The van der Waals surface area contributed by atoms with Crippen molar-refractivity contribution < 1.29 is 9.90 Å². The van der Waals surface area contributed by atoms with Crippen LogP contribution in [0, 0.1) is 5.92 Å². The monoisotopic (exact) mass is 217 g/mol. The van der Waals surface area contributed by atoms with Crippen molar-refractivity contribution >= 4 is 17.7 Å². The fourth-order valence-corrected chi connectivity index (χ4v) is 3.06. The number of hydrogen-bond acceptors (Lipinski definition) is 3. The van der Waals surface area contributed by atoms with E-state index in [-0.39, 0.29) is 5.25 Å². The van der Waals surface area contributed by atoms with E-state index in [9.17, 15) is 4.79 Å². The lowest BCUT2D eigenvalue weighted by Crippen LogP contribution is -2.32. The molecule has 3 nitrogen and oxygen atoms in total. The number of thioether (sulfide) groups is 1. The summed E-state index contributed by atoms with van der Waals surface area (Å²) in [7, 11) is 0. The number of carboxylic acid groups (broad SMARTS) is 1. The van der Waals surface area contributed by atoms with Crippen LogP contribution in [-0.2, 0) is 4.79 Å². The predicted octanol–water partition coefficient (Wildman–Crippen LogP) is 1.58. The summed E-state index contributed by atoms with van der Waals surface area (Å²) >= 11 is 1.59. The average Bonchev–Trinajstić information content (AvgIpc) is 2.19. The first kappa shape index (κ1) is 11.9. The number of aliphatic carboxylic acids is 1. The summed E-state index contributed by atoms with van der Waals surface area (Å²) in [4.78, 5) is 10.7. The molecule has 0 aromatic heterocycles. The van der Waals surface area contributed by atoms with E-state index >= 15 is 0 Å². The topological polar surface area (TPSA) is 49.3 Å². The second-order valence-electron chi connectivity index (χ2n) is 3.91. The first-order valence-electron chi connectivity index (χ1n) is 5.20. The molecule has 0 aromatic carbocycles. The maximum Gasteiger partial charge on any atom is 0.316 e. The molecular formula is C10H19NO2S. The molecule has 0 aliphatic carbocycles. The highest BCUT2D eigenvalue weighted by Gasteiger charge is 2.24. The second kappa shape index (κ2) is 5.61. The number of rotatable bonds is 4. The zero-order valence-corrected chi connectivity index (χ0v) is 9.64. The standard InChI is InChI=1S/C10H19NO2S/c1-7(14-8(2)10(12)13)9-3-5-11-6-4-9/h7-9,11H,3-6H2,1-2H3,(H,12,13). The van der Waals surface area contributed by atoms with Crippen LogP contribution >= 0.6 is 11.8 Å². The quantitative estimate of drug-likeness (QED) is 0.750. The first-order valence-corrected chi connectivity index (χ1v) is 6.14. The van der Waals surface area contributed by atoms with Gasteiger partial charge in [-0.3, -0.25) is 4.79 Å². The molecule has 2 unspecified atom stereocenters. The average molecular weight is 217 g/mol. The van der Waals surface area contributed by atoms with E-state index in [1.165, 1.54) is 12.8 Å². The van der Waals surface area contributed by atoms with Crippen LogP contribution < -0.4 is 5.32 Å². The van der Waals surface area contributed by atoms with Gasteiger partial charge in [0.15, 0.2) is 0 Å². The van der Waals surface area contributed by atoms with Crippen LogP contribution in [0.5, 0.6) is 0 Å². The molecule has 0 radical (unpaired) electrons. The second-order valence-corrected chi connectivity index (χ2v) is 5.63. The normalized spacial score (nSPS) is 23.0. The number of carboxylic acids is 1. The maximum atomic E-state index is 10.7. The molecule has 1 aliphatic rings. The number of piperidine rings is 1. The molecule has 82 valence electrons. The van der Waals surface area contributed by atoms with E-state index in [0.29, 0.717) is 11.2 Å². The molecule has 0 aromatic rings. The van der Waals surface area contributed by atoms with E-state index in [4.69, 9.17) is 5.11 Å². The van der Waals surface area contributed by atoms with Crippen molar-refractivity contribution in [2.45, 2.75) is 37.2 Å². The molecule has 0 saturated carbocycles. The number of nitrogens with one attached hydrogen (secondary N) is 1. The van der Waals surface area contributed by atoms with Crippen LogP contribution in [0.25, 0.3) is 0 Å². The Labute approximate surface area is 89.6 Å². The van der Waals surface area contributed by atoms with Gasteiger partial charge in [-0.1, -0.05) is 6.92 Å². The highest BCUT2D eigenvalue weighted by molar-refractivity contribution is 8.01. The van der Waals surface area contributed by atoms with Gasteiger partial charge in [0, 0.05) is 5.25 Å². The molecule has 2 atom stereocenters. The van der Waals surface area contributed by atoms with E-state index in [0.717, 1.165) is 13.1 Å². The highest BCUT2D eigenvalue weighted by atomic mass is 32.2. The number of hydrogen-bond donors (Lipinski definition) is 2. The lowest BCUT2D eigenvalue weighted by atomic mass is 9.95. The van der Waals surface area contributed by atoms with Crippen LogP contribution in [-0.4, -0.2) is 34.7 Å². The number of carbonyl (C=O) groups is 1. The van der Waals surface area contributed by atoms with Gasteiger partial charge >= 0.3 is 5.97 Å². The summed E-state index contributed by atoms with van der Waals surface area (Å²) in [6, 6.07) is 0. The van der Waals surface area contributed by atoms with Gasteiger partial charge in [-0.15, -0.1) is 11.8 Å². The Balaban J connectivity index is 2.32. The van der Waals surface area contributed by atoms with Crippen LogP contribution in [0.2, 0.25) is 0 Å². The molecule has 1 saturated heterocycles. The Morgan fingerprint density at radius 1 is 1.43 bits per heavy atom. The van der Waals surface area contributed by atoms with Crippen LogP contribution in [0.4, 0.5) is 0 Å². The minimum absolute atomic E-state index is 0.278. The summed E-state index contributed by atoms with van der Waals surface area (Å²) < 4.78 is 0. The Hall–Kier alpha value is -0.220. The summed E-state index contributed by atoms with van der Waals surface area (Å²) in [5.74, 6) is -0.0150. The van der Waals surface area contributed by atoms with Crippen LogP contribution in [0.1, 0.15) is 26.7 Å². The summed E-state index contributed by atoms with van der Waals surface area (Å²) in [6.45, 7) is 6.08. The van der Waals surface area contributed by atoms with Crippen molar-refractivity contribution in [2.24, 2.45) is 5.92 Å². The lowest BCUT2D eigenvalue weighted by molar-refractivity contribution is -0.136. The Bertz CT molecular complexity index is 193. The van der Waals surface area contributed by atoms with Gasteiger partial charge < -0.3 is 10.4 Å². The van der Waals surface area contributed by atoms with Crippen molar-refractivity contribution in [3.63, 3.8) is 0 Å². The van der Waals surface area contributed by atoms with Gasteiger partial charge in [-0.2, -0.15) is 0 Å². The highest BCUT2D eigenvalue weighted by Crippen LogP contribution is 2.29. The van der Waals surface area contributed by atoms with Crippen molar-refractivity contribution in [3.8, 4) is 0 Å². The Kier molecular flexibility index (Phi) is 4.75. The van der Waals surface area contributed by atoms with E-state index in [2.05, 4.69) is 12.2 Å². The molecule has 1 heterocycles. The first-order chi connectivity index (χ1) is 6.61. The van der Waals surface area contributed by atoms with Crippen molar-refractivity contribution in [2.75, 3.05) is 13.1 Å². The summed E-state index contributed by atoms with van der Waals surface area (Å²) in [6.07, 6.45) is 2.36. The summed E-state index contributed by atoms with van der Waals surface area (Å²) in [5, 5.41) is 12.3. The smallest absolute Gasteiger partial charge is 0.316 e. The summed E-state index contributed by atoms with van der Waals surface area (Å²) in [5.41, 5.74) is 0. The molecule has 4 heteroatoms. The molecule has 0 amide bonds. The van der Waals surface area contributed by atoms with Gasteiger partial charge in [0.2, 0.25) is 0 Å². The molecule has 0 spiro atoms. The van der Waals surface area contributed by atoms with Gasteiger partial charge in [0.05, 0.1) is 5.25 Å². The van der Waals surface area contributed by atoms with Crippen molar-refractivity contribution in [3.05, 3.63) is 0 Å². The van der Waals surface area contributed by atoms with Crippen LogP contribution in [0.15, 0.2) is 0 Å². The van der Waals surface area contributed by atoms with Gasteiger partial charge in [0.25, 0.3) is 0 Å². The Morgan fingerprint density at radius 2 is 2.00 bits per heavy atom. The van der Waals surface area contributed by atoms with E-state index < -0.39 is 5.97 Å². The SMILES string of the molecule is CC(SC(C)C1CCNCC1)C(=O)O. The predicted molar refractivity (Wildman–Crippen MR) is 59.7 cm³/mol. The minimum atomic E-state index is -0.698. The third-order valence-electron chi connectivity index (χ3n) is 2.81.